The van der Waals surface area contributed by atoms with Crippen LogP contribution in [-0.4, -0.2) is 15.2 Å². The smallest absolute Gasteiger partial charge is 0.334 e. The molecule has 0 spiro atoms. The monoisotopic (exact) mass is 622 g/mol. The van der Waals surface area contributed by atoms with E-state index >= 15 is 0 Å². The molecule has 0 saturated carbocycles. The predicted molar refractivity (Wildman–Crippen MR) is 199 cm³/mol. The first-order chi connectivity index (χ1) is 23.8. The van der Waals surface area contributed by atoms with Gasteiger partial charge in [0.25, 0.3) is 0 Å². The molecule has 1 aliphatic carbocycles. The molecular weight excluding hydrogens is 589 g/mol. The Balaban J connectivity index is 1.18. The topological polar surface area (TPSA) is 33.4 Å². The van der Waals surface area contributed by atoms with E-state index < -0.39 is 0 Å². The molecule has 6 aromatic carbocycles. The summed E-state index contributed by atoms with van der Waals surface area (Å²) in [5.41, 5.74) is 8.57. The summed E-state index contributed by atoms with van der Waals surface area (Å²) in [6.45, 7) is 0. The van der Waals surface area contributed by atoms with Gasteiger partial charge in [-0.3, -0.25) is 9.13 Å². The zero-order valence-electron chi connectivity index (χ0n) is 26.4. The first-order valence-electron chi connectivity index (χ1n) is 16.3. The van der Waals surface area contributed by atoms with Crippen LogP contribution in [0.5, 0.6) is 0 Å². The van der Waals surface area contributed by atoms with Gasteiger partial charge in [-0.05, 0) is 103 Å². The van der Waals surface area contributed by atoms with Crippen LogP contribution >= 0.6 is 0 Å². The Morgan fingerprint density at radius 1 is 0.458 bits per heavy atom. The van der Waals surface area contributed by atoms with Crippen LogP contribution in [0.15, 0.2) is 193 Å². The van der Waals surface area contributed by atoms with Crippen LogP contribution < -0.4 is 15.5 Å². The van der Waals surface area contributed by atoms with E-state index in [0.717, 1.165) is 57.3 Å². The van der Waals surface area contributed by atoms with Crippen LogP contribution in [0.3, 0.4) is 0 Å². The molecule has 0 saturated heterocycles. The maximum absolute atomic E-state index is 14.3. The molecule has 1 aromatic heterocycles. The Labute approximate surface area is 280 Å². The van der Waals surface area contributed by atoms with Crippen LogP contribution in [0, 0.1) is 0 Å². The quantitative estimate of drug-likeness (QED) is 0.169. The molecule has 5 nitrogen and oxygen atoms in total. The average Bonchev–Trinajstić information content (AvgIpc) is 3.46. The van der Waals surface area contributed by atoms with Gasteiger partial charge in [-0.2, -0.15) is 0 Å². The van der Waals surface area contributed by atoms with Gasteiger partial charge in [0.2, 0.25) is 0 Å². The minimum absolute atomic E-state index is 0.111. The van der Waals surface area contributed by atoms with Gasteiger partial charge in [0.1, 0.15) is 0 Å². The zero-order chi connectivity index (χ0) is 32.3. The van der Waals surface area contributed by atoms with Crippen molar-refractivity contribution in [2.45, 2.75) is 12.5 Å². The molecule has 48 heavy (non-hydrogen) atoms. The van der Waals surface area contributed by atoms with Crippen molar-refractivity contribution in [3.8, 4) is 11.4 Å². The predicted octanol–water partition coefficient (Wildman–Crippen LogP) is 10.3. The molecule has 1 heterocycles. The summed E-state index contributed by atoms with van der Waals surface area (Å²) in [7, 11) is 0. The SMILES string of the molecule is O=c1n(-c2ccc(N(c3ccccc3)c3ccccc3)cc2)c2ccccc2n1-c1ccc(N(c2ccccc2)C2C=CC=CC2)cc1. The summed E-state index contributed by atoms with van der Waals surface area (Å²) in [6, 6.07) is 55.8. The lowest BCUT2D eigenvalue weighted by molar-refractivity contribution is 0.785. The van der Waals surface area contributed by atoms with Gasteiger partial charge in [-0.25, -0.2) is 4.79 Å². The third kappa shape index (κ3) is 5.41. The molecular formula is C43H34N4O. The number of imidazole rings is 1. The second-order valence-electron chi connectivity index (χ2n) is 11.8. The van der Waals surface area contributed by atoms with Crippen molar-refractivity contribution < 1.29 is 0 Å². The Bertz CT molecular complexity index is 2230. The van der Waals surface area contributed by atoms with E-state index in [9.17, 15) is 4.79 Å². The minimum atomic E-state index is -0.111. The fraction of sp³-hybridized carbons (Fsp3) is 0.0465. The van der Waals surface area contributed by atoms with Crippen molar-refractivity contribution in [3.63, 3.8) is 0 Å². The van der Waals surface area contributed by atoms with Crippen molar-refractivity contribution in [2.75, 3.05) is 9.80 Å². The van der Waals surface area contributed by atoms with Crippen LogP contribution in [0.4, 0.5) is 28.4 Å². The molecule has 7 aromatic rings. The summed E-state index contributed by atoms with van der Waals surface area (Å²) in [5.74, 6) is 0. The highest BCUT2D eigenvalue weighted by Crippen LogP contribution is 2.35. The average molecular weight is 623 g/mol. The number of para-hydroxylation sites is 5. The number of allylic oxidation sites excluding steroid dienone is 2. The van der Waals surface area contributed by atoms with E-state index in [-0.39, 0.29) is 11.7 Å². The molecule has 1 unspecified atom stereocenters. The highest BCUT2D eigenvalue weighted by Gasteiger charge is 2.21. The fourth-order valence-corrected chi connectivity index (χ4v) is 6.64. The van der Waals surface area contributed by atoms with E-state index in [4.69, 9.17) is 0 Å². The first kappa shape index (κ1) is 29.1. The Hall–Kier alpha value is -6.33. The van der Waals surface area contributed by atoms with E-state index in [2.05, 4.69) is 107 Å². The Kier molecular flexibility index (Phi) is 7.77. The molecule has 5 heteroatoms. The molecule has 0 N–H and O–H groups in total. The normalized spacial score (nSPS) is 13.9. The largest absolute Gasteiger partial charge is 0.338 e. The number of aromatic nitrogens is 2. The Morgan fingerprint density at radius 3 is 1.35 bits per heavy atom. The third-order valence-corrected chi connectivity index (χ3v) is 8.85. The van der Waals surface area contributed by atoms with Gasteiger partial charge in [-0.1, -0.05) is 91.0 Å². The molecule has 1 atom stereocenters. The summed E-state index contributed by atoms with van der Waals surface area (Å²) in [4.78, 5) is 18.9. The van der Waals surface area contributed by atoms with Gasteiger partial charge in [0, 0.05) is 28.4 Å². The van der Waals surface area contributed by atoms with Gasteiger partial charge in [-0.15, -0.1) is 0 Å². The first-order valence-corrected chi connectivity index (χ1v) is 16.3. The van der Waals surface area contributed by atoms with Gasteiger partial charge in [0.15, 0.2) is 0 Å². The molecule has 0 aliphatic heterocycles. The molecule has 0 bridgehead atoms. The summed E-state index contributed by atoms with van der Waals surface area (Å²) < 4.78 is 3.61. The molecule has 0 amide bonds. The lowest BCUT2D eigenvalue weighted by Gasteiger charge is -2.32. The lowest BCUT2D eigenvalue weighted by atomic mass is 10.0. The zero-order valence-corrected chi connectivity index (χ0v) is 26.4. The number of hydrogen-bond acceptors (Lipinski definition) is 3. The van der Waals surface area contributed by atoms with Crippen molar-refractivity contribution in [1.29, 1.82) is 0 Å². The second kappa shape index (κ2) is 12.8. The number of fused-ring (bicyclic) bond motifs is 1. The summed E-state index contributed by atoms with van der Waals surface area (Å²) >= 11 is 0. The van der Waals surface area contributed by atoms with E-state index in [1.54, 1.807) is 4.57 Å². The third-order valence-electron chi connectivity index (χ3n) is 8.85. The number of rotatable bonds is 8. The molecule has 232 valence electrons. The summed E-state index contributed by atoms with van der Waals surface area (Å²) in [6.07, 6.45) is 9.58. The van der Waals surface area contributed by atoms with Crippen LogP contribution in [0.2, 0.25) is 0 Å². The maximum atomic E-state index is 14.3. The highest BCUT2D eigenvalue weighted by atomic mass is 16.1. The van der Waals surface area contributed by atoms with Crippen LogP contribution in [0.25, 0.3) is 22.4 Å². The van der Waals surface area contributed by atoms with Crippen molar-refractivity contribution in [1.82, 2.24) is 9.13 Å². The standard InChI is InChI=1S/C43H34N4O/c48-43-46(39-29-25-37(26-30-39)44(33-15-5-1-6-16-33)34-17-7-2-8-18-34)41-23-13-14-24-42(41)47(43)40-31-27-38(28-32-40)45(35-19-9-3-10-20-35)36-21-11-4-12-22-36/h1-21,23-32,36H,22H2. The van der Waals surface area contributed by atoms with E-state index in [1.165, 1.54) is 0 Å². The van der Waals surface area contributed by atoms with Crippen molar-refractivity contribution in [3.05, 3.63) is 199 Å². The maximum Gasteiger partial charge on any atom is 0.338 e. The van der Waals surface area contributed by atoms with Crippen molar-refractivity contribution in [2.24, 2.45) is 0 Å². The van der Waals surface area contributed by atoms with Crippen LogP contribution in [0.1, 0.15) is 6.42 Å². The number of hydrogen-bond donors (Lipinski definition) is 0. The number of benzene rings is 6. The molecule has 1 aliphatic rings. The molecule has 0 radical (unpaired) electrons. The Morgan fingerprint density at radius 2 is 0.875 bits per heavy atom. The molecule has 0 fully saturated rings. The van der Waals surface area contributed by atoms with E-state index in [0.29, 0.717) is 0 Å². The van der Waals surface area contributed by atoms with E-state index in [1.807, 2.05) is 95.6 Å². The highest BCUT2D eigenvalue weighted by molar-refractivity contribution is 5.81. The van der Waals surface area contributed by atoms with Gasteiger partial charge < -0.3 is 9.80 Å². The lowest BCUT2D eigenvalue weighted by Crippen LogP contribution is -2.29. The van der Waals surface area contributed by atoms with Crippen molar-refractivity contribution >= 4 is 39.5 Å². The fourth-order valence-electron chi connectivity index (χ4n) is 6.64. The van der Waals surface area contributed by atoms with Gasteiger partial charge >= 0.3 is 5.69 Å². The van der Waals surface area contributed by atoms with Gasteiger partial charge in [0.05, 0.1) is 28.5 Å². The minimum Gasteiger partial charge on any atom is -0.334 e. The summed E-state index contributed by atoms with van der Waals surface area (Å²) in [5, 5.41) is 0. The molecule has 8 rings (SSSR count). The number of anilines is 5. The number of nitrogens with zero attached hydrogens (tertiary/aromatic N) is 4. The second-order valence-corrected chi connectivity index (χ2v) is 11.8. The van der Waals surface area contributed by atoms with Crippen LogP contribution in [-0.2, 0) is 0 Å².